The van der Waals surface area contributed by atoms with Crippen LogP contribution in [-0.2, 0) is 10.8 Å². The van der Waals surface area contributed by atoms with E-state index in [1.165, 1.54) is 10.6 Å². The number of benzene rings is 2. The molecule has 2 aromatic carbocycles. The minimum atomic E-state index is -0.212. The summed E-state index contributed by atoms with van der Waals surface area (Å²) in [7, 11) is 0.466. The molecule has 0 heterocycles. The van der Waals surface area contributed by atoms with Crippen LogP contribution in [0, 0.1) is 0 Å². The van der Waals surface area contributed by atoms with Gasteiger partial charge in [-0.1, -0.05) is 36.4 Å². The summed E-state index contributed by atoms with van der Waals surface area (Å²) in [4.78, 5) is 0. The summed E-state index contributed by atoms with van der Waals surface area (Å²) >= 11 is 4.65. The van der Waals surface area contributed by atoms with E-state index < -0.39 is 0 Å². The van der Waals surface area contributed by atoms with E-state index in [1.54, 1.807) is 0 Å². The van der Waals surface area contributed by atoms with Crippen LogP contribution < -0.4 is 10.6 Å². The Hall–Kier alpha value is 1.42. The zero-order chi connectivity index (χ0) is 16.1. The van der Waals surface area contributed by atoms with Gasteiger partial charge in [0.05, 0.1) is 37.3 Å². The second-order valence-corrected chi connectivity index (χ2v) is 21.9. The number of hydrogen-bond acceptors (Lipinski definition) is 0. The standard InChI is InChI=1S/2C8H11P.2HI.Pd/c2*1-9(2)8-6-4-3-5-7-8;;;/h2*3-7H,1-2H3;2*1H;/q;;;;+2. The second-order valence-electron chi connectivity index (χ2n) is 4.78. The third-order valence-corrected chi connectivity index (χ3v) is 5.68. The molecule has 120 valence electrons. The second kappa shape index (κ2) is 15.0. The third-order valence-electron chi connectivity index (χ3n) is 2.70. The molecule has 0 amide bonds. The predicted molar refractivity (Wildman–Crippen MR) is 121 cm³/mol. The first kappa shape index (κ1) is 22.4. The third kappa shape index (κ3) is 12.5. The first-order valence-corrected chi connectivity index (χ1v) is 20.8. The van der Waals surface area contributed by atoms with Gasteiger partial charge in [-0.2, -0.15) is 0 Å². The van der Waals surface area contributed by atoms with Crippen molar-refractivity contribution >= 4 is 65.5 Å². The molecule has 2 aromatic rings. The molecular formula is C16H24I2P2Pd+2. The molecule has 0 spiro atoms. The van der Waals surface area contributed by atoms with Gasteiger partial charge < -0.3 is 0 Å². The molecular weight excluding hydrogens is 614 g/mol. The summed E-state index contributed by atoms with van der Waals surface area (Å²) in [5, 5.41) is 3.03. The van der Waals surface area contributed by atoms with Gasteiger partial charge in [0.1, 0.15) is 0 Å². The van der Waals surface area contributed by atoms with E-state index in [-0.39, 0.29) is 15.8 Å². The van der Waals surface area contributed by atoms with Crippen LogP contribution >= 0.6 is 54.9 Å². The van der Waals surface area contributed by atoms with Gasteiger partial charge in [-0.3, -0.25) is 0 Å². The molecule has 0 aliphatic rings. The van der Waals surface area contributed by atoms with E-state index in [0.717, 1.165) is 10.8 Å². The Morgan fingerprint density at radius 1 is 0.619 bits per heavy atom. The Kier molecular flexibility index (Phi) is 16.0. The van der Waals surface area contributed by atoms with Crippen molar-refractivity contribution in [2.24, 2.45) is 0 Å². The van der Waals surface area contributed by atoms with E-state index >= 15 is 0 Å². The van der Waals surface area contributed by atoms with Gasteiger partial charge in [0.2, 0.25) is 0 Å². The first-order chi connectivity index (χ1) is 10.0. The van der Waals surface area contributed by atoms with Crippen molar-refractivity contribution in [2.45, 2.75) is 0 Å². The van der Waals surface area contributed by atoms with Crippen LogP contribution in [0.15, 0.2) is 60.7 Å². The molecule has 0 fully saturated rings. The van der Waals surface area contributed by atoms with E-state index in [2.05, 4.69) is 126 Å². The van der Waals surface area contributed by atoms with Crippen LogP contribution in [0.3, 0.4) is 0 Å². The molecule has 0 aliphatic heterocycles. The predicted octanol–water partition coefficient (Wildman–Crippen LogP) is 5.34. The summed E-state index contributed by atoms with van der Waals surface area (Å²) in [6.07, 6.45) is 0. The molecule has 21 heavy (non-hydrogen) atoms. The van der Waals surface area contributed by atoms with Crippen molar-refractivity contribution in [2.75, 3.05) is 26.7 Å². The van der Waals surface area contributed by atoms with Crippen LogP contribution in [0.4, 0.5) is 0 Å². The molecule has 0 aromatic heterocycles. The molecule has 0 atom stereocenters. The Bertz CT molecular complexity index is 407. The Morgan fingerprint density at radius 3 is 1.00 bits per heavy atom. The van der Waals surface area contributed by atoms with Crippen molar-refractivity contribution in [3.05, 3.63) is 60.7 Å². The van der Waals surface area contributed by atoms with Crippen LogP contribution in [0.25, 0.3) is 0 Å². The Morgan fingerprint density at radius 2 is 0.857 bits per heavy atom. The zero-order valence-electron chi connectivity index (χ0n) is 12.8. The van der Waals surface area contributed by atoms with E-state index in [4.69, 9.17) is 0 Å². The average Bonchev–Trinajstić information content (AvgIpc) is 2.50. The van der Waals surface area contributed by atoms with Gasteiger partial charge in [0.15, 0.2) is 0 Å². The monoisotopic (exact) mass is 638 g/mol. The molecule has 0 radical (unpaired) electrons. The maximum atomic E-state index is 2.33. The van der Waals surface area contributed by atoms with Gasteiger partial charge >= 0.3 is 49.8 Å². The number of halogens is 2. The molecule has 0 N–H and O–H groups in total. The molecule has 0 saturated carbocycles. The summed E-state index contributed by atoms with van der Waals surface area (Å²) in [6, 6.07) is 21.4. The summed E-state index contributed by atoms with van der Waals surface area (Å²) in [5.41, 5.74) is 0. The SMILES string of the molecule is C[PH+](C)c1ccccc1.C[PH+](C)c1ccccc1.[I][Pd][I]. The molecule has 0 saturated heterocycles. The molecule has 0 bridgehead atoms. The van der Waals surface area contributed by atoms with Crippen molar-refractivity contribution in [1.82, 2.24) is 0 Å². The normalized spacial score (nSPS) is 9.71. The van der Waals surface area contributed by atoms with Crippen LogP contribution in [-0.4, -0.2) is 26.7 Å². The van der Waals surface area contributed by atoms with Crippen molar-refractivity contribution in [3.8, 4) is 0 Å². The van der Waals surface area contributed by atoms with E-state index in [1.807, 2.05) is 0 Å². The van der Waals surface area contributed by atoms with Crippen molar-refractivity contribution in [1.29, 1.82) is 0 Å². The topological polar surface area (TPSA) is 0 Å². The Balaban J connectivity index is 0.000000322. The molecule has 0 aliphatic carbocycles. The van der Waals surface area contributed by atoms with Gasteiger partial charge in [0.25, 0.3) is 0 Å². The first-order valence-electron chi connectivity index (χ1n) is 6.56. The van der Waals surface area contributed by atoms with Crippen LogP contribution in [0.1, 0.15) is 0 Å². The van der Waals surface area contributed by atoms with E-state index in [9.17, 15) is 0 Å². The fourth-order valence-corrected chi connectivity index (χ4v) is 3.26. The van der Waals surface area contributed by atoms with Crippen LogP contribution in [0.5, 0.6) is 0 Å². The maximum absolute atomic E-state index is 2.33. The number of hydrogen-bond donors (Lipinski definition) is 0. The van der Waals surface area contributed by atoms with Gasteiger partial charge in [0, 0.05) is 15.8 Å². The Labute approximate surface area is 161 Å². The number of rotatable bonds is 2. The van der Waals surface area contributed by atoms with Crippen LogP contribution in [0.2, 0.25) is 0 Å². The molecule has 0 unspecified atom stereocenters. The quantitative estimate of drug-likeness (QED) is 0.237. The summed E-state index contributed by atoms with van der Waals surface area (Å²) in [5.74, 6) is 0. The summed E-state index contributed by atoms with van der Waals surface area (Å²) in [6.45, 7) is 9.22. The van der Waals surface area contributed by atoms with E-state index in [0.29, 0.717) is 0 Å². The average molecular weight is 639 g/mol. The van der Waals surface area contributed by atoms with Gasteiger partial charge in [-0.05, 0) is 24.3 Å². The van der Waals surface area contributed by atoms with Gasteiger partial charge in [-0.15, -0.1) is 0 Å². The fraction of sp³-hybridized carbons (Fsp3) is 0.250. The molecule has 2 rings (SSSR count). The zero-order valence-corrected chi connectivity index (χ0v) is 20.7. The van der Waals surface area contributed by atoms with Gasteiger partial charge in [-0.25, -0.2) is 0 Å². The molecule has 5 heteroatoms. The molecule has 0 nitrogen and oxygen atoms in total. The van der Waals surface area contributed by atoms with Crippen molar-refractivity contribution in [3.63, 3.8) is 0 Å². The fourth-order valence-electron chi connectivity index (χ4n) is 1.54. The summed E-state index contributed by atoms with van der Waals surface area (Å²) < 4.78 is 0. The minimum absolute atomic E-state index is 0.212. The van der Waals surface area contributed by atoms with Crippen molar-refractivity contribution < 1.29 is 10.8 Å².